The molecule has 3 N–H and O–H groups in total. The molecule has 0 atom stereocenters. The Morgan fingerprint density at radius 1 is 1.64 bits per heavy atom. The van der Waals surface area contributed by atoms with Gasteiger partial charge in [-0.3, -0.25) is 4.79 Å². The average molecular weight is 159 g/mol. The summed E-state index contributed by atoms with van der Waals surface area (Å²) in [7, 11) is 1.84. The van der Waals surface area contributed by atoms with Crippen LogP contribution < -0.4 is 10.6 Å². The zero-order valence-electron chi connectivity index (χ0n) is 6.50. The van der Waals surface area contributed by atoms with E-state index in [-0.39, 0.29) is 5.91 Å². The molecule has 0 fully saturated rings. The highest BCUT2D eigenvalue weighted by atomic mass is 16.4. The first kappa shape index (κ1) is 9.90. The first-order chi connectivity index (χ1) is 5.31. The number of nitrogens with one attached hydrogen (secondary N) is 2. The van der Waals surface area contributed by atoms with Gasteiger partial charge in [-0.1, -0.05) is 5.16 Å². The lowest BCUT2D eigenvalue weighted by Gasteiger charge is -1.99. The minimum atomic E-state index is -0.372. The third kappa shape index (κ3) is 6.79. The predicted octanol–water partition coefficient (Wildman–Crippen LogP) is -0.828. The fraction of sp³-hybridized carbons (Fsp3) is 0.667. The molecule has 0 aromatic rings. The lowest BCUT2D eigenvalue weighted by molar-refractivity contribution is -0.114. The van der Waals surface area contributed by atoms with Crippen LogP contribution in [-0.4, -0.2) is 37.5 Å². The molecule has 64 valence electrons. The van der Waals surface area contributed by atoms with E-state index in [4.69, 9.17) is 5.21 Å². The fourth-order valence-corrected chi connectivity index (χ4v) is 0.575. The maximum Gasteiger partial charge on any atom is 0.265 e. The normalized spacial score (nSPS) is 10.3. The Morgan fingerprint density at radius 2 is 2.36 bits per heavy atom. The topological polar surface area (TPSA) is 73.7 Å². The van der Waals surface area contributed by atoms with E-state index in [0.717, 1.165) is 19.2 Å². The van der Waals surface area contributed by atoms with Crippen molar-refractivity contribution in [3.63, 3.8) is 0 Å². The van der Waals surface area contributed by atoms with Crippen LogP contribution in [0.15, 0.2) is 5.16 Å². The summed E-state index contributed by atoms with van der Waals surface area (Å²) in [5.74, 6) is -0.372. The molecule has 5 nitrogen and oxygen atoms in total. The van der Waals surface area contributed by atoms with Gasteiger partial charge in [-0.2, -0.15) is 0 Å². The first-order valence-electron chi connectivity index (χ1n) is 3.41. The fourth-order valence-electron chi connectivity index (χ4n) is 0.575. The van der Waals surface area contributed by atoms with Gasteiger partial charge in [-0.25, -0.2) is 0 Å². The standard InChI is InChI=1S/C6H13N3O2/c1-7-3-2-4-8-6(10)5-9-11/h5,7,11H,2-4H2,1H3,(H,8,10)/b9-5-. The Hall–Kier alpha value is -1.10. The summed E-state index contributed by atoms with van der Waals surface area (Å²) in [6.45, 7) is 1.45. The number of amides is 1. The summed E-state index contributed by atoms with van der Waals surface area (Å²) in [6.07, 6.45) is 1.70. The van der Waals surface area contributed by atoms with Gasteiger partial charge in [-0.05, 0) is 20.0 Å². The summed E-state index contributed by atoms with van der Waals surface area (Å²) in [6, 6.07) is 0. The van der Waals surface area contributed by atoms with Gasteiger partial charge in [0.25, 0.3) is 5.91 Å². The van der Waals surface area contributed by atoms with Crippen LogP contribution in [0.5, 0.6) is 0 Å². The van der Waals surface area contributed by atoms with Crippen molar-refractivity contribution < 1.29 is 10.0 Å². The van der Waals surface area contributed by atoms with E-state index < -0.39 is 0 Å². The van der Waals surface area contributed by atoms with E-state index in [1.807, 2.05) is 7.05 Å². The Labute approximate surface area is 65.5 Å². The van der Waals surface area contributed by atoms with Gasteiger partial charge in [-0.15, -0.1) is 0 Å². The van der Waals surface area contributed by atoms with E-state index in [1.165, 1.54) is 0 Å². The Bertz CT molecular complexity index is 136. The van der Waals surface area contributed by atoms with E-state index in [1.54, 1.807) is 0 Å². The van der Waals surface area contributed by atoms with Gasteiger partial charge < -0.3 is 15.8 Å². The van der Waals surface area contributed by atoms with Gasteiger partial charge >= 0.3 is 0 Å². The highest BCUT2D eigenvalue weighted by Crippen LogP contribution is 1.71. The first-order valence-corrected chi connectivity index (χ1v) is 3.41. The van der Waals surface area contributed by atoms with E-state index in [0.29, 0.717) is 6.54 Å². The average Bonchev–Trinajstić information content (AvgIpc) is 1.99. The molecule has 0 bridgehead atoms. The molecule has 0 radical (unpaired) electrons. The number of carbonyl (C=O) groups is 1. The quantitative estimate of drug-likeness (QED) is 0.212. The molecule has 5 heteroatoms. The molecule has 0 aliphatic carbocycles. The van der Waals surface area contributed by atoms with Crippen LogP contribution in [0.3, 0.4) is 0 Å². The summed E-state index contributed by atoms with van der Waals surface area (Å²) in [5.41, 5.74) is 0. The SMILES string of the molecule is CNCCCNC(=O)/C=N\O. The van der Waals surface area contributed by atoms with Crippen LogP contribution >= 0.6 is 0 Å². The van der Waals surface area contributed by atoms with Gasteiger partial charge in [0.2, 0.25) is 0 Å². The lowest BCUT2D eigenvalue weighted by atomic mass is 10.4. The molecule has 0 aliphatic heterocycles. The van der Waals surface area contributed by atoms with Crippen molar-refractivity contribution in [1.82, 2.24) is 10.6 Å². The van der Waals surface area contributed by atoms with Crippen LogP contribution in [0.25, 0.3) is 0 Å². The third-order valence-electron chi connectivity index (χ3n) is 1.08. The molecule has 11 heavy (non-hydrogen) atoms. The van der Waals surface area contributed by atoms with Crippen molar-refractivity contribution >= 4 is 12.1 Å². The molecule has 0 heterocycles. The van der Waals surface area contributed by atoms with Crippen molar-refractivity contribution in [2.75, 3.05) is 20.1 Å². The molecule has 0 rings (SSSR count). The van der Waals surface area contributed by atoms with Crippen LogP contribution in [0.1, 0.15) is 6.42 Å². The van der Waals surface area contributed by atoms with Gasteiger partial charge in [0.15, 0.2) is 0 Å². The second-order valence-corrected chi connectivity index (χ2v) is 1.99. The second kappa shape index (κ2) is 7.01. The number of nitrogens with zero attached hydrogens (tertiary/aromatic N) is 1. The van der Waals surface area contributed by atoms with Gasteiger partial charge in [0.05, 0.1) is 0 Å². The summed E-state index contributed by atoms with van der Waals surface area (Å²) in [4.78, 5) is 10.6. The molecular formula is C6H13N3O2. The van der Waals surface area contributed by atoms with Crippen molar-refractivity contribution in [1.29, 1.82) is 0 Å². The monoisotopic (exact) mass is 159 g/mol. The van der Waals surface area contributed by atoms with E-state index in [9.17, 15) is 4.79 Å². The largest absolute Gasteiger partial charge is 0.411 e. The maximum atomic E-state index is 10.6. The number of carbonyl (C=O) groups excluding carboxylic acids is 1. The highest BCUT2D eigenvalue weighted by Gasteiger charge is 1.93. The second-order valence-electron chi connectivity index (χ2n) is 1.99. The Kier molecular flexibility index (Phi) is 6.31. The number of rotatable bonds is 5. The highest BCUT2D eigenvalue weighted by molar-refractivity contribution is 6.25. The summed E-state index contributed by atoms with van der Waals surface area (Å²) >= 11 is 0. The van der Waals surface area contributed by atoms with Crippen molar-refractivity contribution in [3.8, 4) is 0 Å². The number of hydrogen-bond acceptors (Lipinski definition) is 4. The number of hydrogen-bond donors (Lipinski definition) is 3. The van der Waals surface area contributed by atoms with Crippen LogP contribution in [-0.2, 0) is 4.79 Å². The van der Waals surface area contributed by atoms with Crippen LogP contribution in [0.4, 0.5) is 0 Å². The van der Waals surface area contributed by atoms with Crippen LogP contribution in [0.2, 0.25) is 0 Å². The molecule has 0 unspecified atom stereocenters. The molecule has 0 saturated heterocycles. The Balaban J connectivity index is 3.17. The summed E-state index contributed by atoms with van der Waals surface area (Å²) in [5, 5.41) is 16.0. The number of oxime groups is 1. The van der Waals surface area contributed by atoms with Crippen molar-refractivity contribution in [2.24, 2.45) is 5.16 Å². The smallest absolute Gasteiger partial charge is 0.265 e. The molecule has 0 spiro atoms. The predicted molar refractivity (Wildman–Crippen MR) is 41.8 cm³/mol. The third-order valence-corrected chi connectivity index (χ3v) is 1.08. The minimum Gasteiger partial charge on any atom is -0.411 e. The zero-order valence-corrected chi connectivity index (χ0v) is 6.50. The molecule has 0 aromatic carbocycles. The molecule has 0 aromatic heterocycles. The van der Waals surface area contributed by atoms with Crippen LogP contribution in [0, 0.1) is 0 Å². The molecule has 1 amide bonds. The maximum absolute atomic E-state index is 10.6. The van der Waals surface area contributed by atoms with Crippen molar-refractivity contribution in [2.45, 2.75) is 6.42 Å². The molecule has 0 saturated carbocycles. The Morgan fingerprint density at radius 3 is 2.91 bits per heavy atom. The van der Waals surface area contributed by atoms with E-state index >= 15 is 0 Å². The van der Waals surface area contributed by atoms with Crippen molar-refractivity contribution in [3.05, 3.63) is 0 Å². The molecular weight excluding hydrogens is 146 g/mol. The lowest BCUT2D eigenvalue weighted by Crippen LogP contribution is -2.27. The minimum absolute atomic E-state index is 0.372. The van der Waals surface area contributed by atoms with Gasteiger partial charge in [0, 0.05) is 6.54 Å². The van der Waals surface area contributed by atoms with E-state index in [2.05, 4.69) is 15.8 Å². The zero-order chi connectivity index (χ0) is 8.53. The summed E-state index contributed by atoms with van der Waals surface area (Å²) < 4.78 is 0. The molecule has 0 aliphatic rings. The van der Waals surface area contributed by atoms with Gasteiger partial charge in [0.1, 0.15) is 6.21 Å².